The van der Waals surface area contributed by atoms with Gasteiger partial charge in [0.25, 0.3) is 0 Å². The normalized spacial score (nSPS) is 25.4. The summed E-state index contributed by atoms with van der Waals surface area (Å²) in [5.74, 6) is 2.77. The van der Waals surface area contributed by atoms with Gasteiger partial charge in [0.2, 0.25) is 7.28 Å². The van der Waals surface area contributed by atoms with E-state index in [9.17, 15) is 0 Å². The molecule has 5 unspecified atom stereocenters. The number of anilines is 1. The van der Waals surface area contributed by atoms with Crippen molar-refractivity contribution in [2.24, 2.45) is 28.6 Å². The van der Waals surface area contributed by atoms with E-state index < -0.39 is 0 Å². The number of fused-ring (bicyclic) bond motifs is 5. The molecule has 2 nitrogen and oxygen atoms in total. The first kappa shape index (κ1) is 43.1. The maximum absolute atomic E-state index is 4.17. The number of rotatable bonds is 9. The molecule has 6 rings (SSSR count). The Labute approximate surface area is 352 Å². The van der Waals surface area contributed by atoms with Gasteiger partial charge in [0.15, 0.2) is 0 Å². The van der Waals surface area contributed by atoms with E-state index in [2.05, 4.69) is 187 Å². The summed E-state index contributed by atoms with van der Waals surface area (Å²) < 4.78 is 2.77. The summed E-state index contributed by atoms with van der Waals surface area (Å²) in [5.41, 5.74) is 12.6. The highest BCUT2D eigenvalue weighted by Gasteiger charge is 2.34. The van der Waals surface area contributed by atoms with Crippen LogP contribution in [0, 0.1) is 28.6 Å². The maximum atomic E-state index is 4.17. The van der Waals surface area contributed by atoms with Gasteiger partial charge in [-0.1, -0.05) is 137 Å². The van der Waals surface area contributed by atoms with Crippen molar-refractivity contribution in [3.8, 4) is 0 Å². The minimum Gasteiger partial charge on any atom is -0.334 e. The SMILES string of the molecule is C=C/C(=C\C=C\N1C2=CC(CC=C2)N(C2=CCC(C(C)(C)C)C=C2)c2c(sc3cc4c(cc23)C(C)CCC4C)[B]C(/C=C(\CC(C)C)C(C)CC)=C\1C)C(C)(C)C. The zero-order valence-corrected chi connectivity index (χ0v) is 38.6. The molecule has 1 aromatic heterocycles. The lowest BCUT2D eigenvalue weighted by Crippen LogP contribution is -2.39. The van der Waals surface area contributed by atoms with Crippen molar-refractivity contribution < 1.29 is 0 Å². The molecule has 4 aliphatic rings. The van der Waals surface area contributed by atoms with Crippen LogP contribution in [0.15, 0.2) is 119 Å². The van der Waals surface area contributed by atoms with E-state index in [1.54, 1.807) is 11.1 Å². The molecule has 2 bridgehead atoms. The molecule has 3 aliphatic carbocycles. The van der Waals surface area contributed by atoms with E-state index in [1.807, 2.05) is 17.4 Å². The van der Waals surface area contributed by atoms with Crippen molar-refractivity contribution in [2.45, 2.75) is 146 Å². The highest BCUT2D eigenvalue weighted by molar-refractivity contribution is 7.29. The predicted molar refractivity (Wildman–Crippen MR) is 255 cm³/mol. The fraction of sp³-hybridized carbons (Fsp3) is 0.509. The zero-order chi connectivity index (χ0) is 41.4. The molecule has 4 heteroatoms. The molecule has 0 saturated heterocycles. The second-order valence-corrected chi connectivity index (χ2v) is 21.2. The van der Waals surface area contributed by atoms with E-state index in [1.165, 1.54) is 67.1 Å². The van der Waals surface area contributed by atoms with Crippen LogP contribution in [-0.2, 0) is 0 Å². The highest BCUT2D eigenvalue weighted by Crippen LogP contribution is 2.46. The summed E-state index contributed by atoms with van der Waals surface area (Å²) in [4.78, 5) is 5.18. The molecule has 2 aromatic rings. The van der Waals surface area contributed by atoms with E-state index in [4.69, 9.17) is 0 Å². The molecule has 5 atom stereocenters. The summed E-state index contributed by atoms with van der Waals surface area (Å²) in [5, 5.41) is 1.41. The summed E-state index contributed by atoms with van der Waals surface area (Å²) in [6, 6.07) is 5.36. The fourth-order valence-electron chi connectivity index (χ4n) is 9.21. The largest absolute Gasteiger partial charge is 0.334 e. The number of hydrogen-bond donors (Lipinski definition) is 0. The third-order valence-electron chi connectivity index (χ3n) is 13.2. The summed E-state index contributed by atoms with van der Waals surface area (Å²) in [6.45, 7) is 34.8. The molecule has 1 radical (unpaired) electrons. The average molecular weight is 780 g/mol. The molecule has 303 valence electrons. The molecule has 1 aromatic carbocycles. The van der Waals surface area contributed by atoms with Gasteiger partial charge in [-0.15, -0.1) is 11.3 Å². The molecule has 57 heavy (non-hydrogen) atoms. The van der Waals surface area contributed by atoms with Crippen LogP contribution in [0.4, 0.5) is 5.69 Å². The van der Waals surface area contributed by atoms with Crippen LogP contribution in [0.2, 0.25) is 0 Å². The Morgan fingerprint density at radius 2 is 1.68 bits per heavy atom. The Morgan fingerprint density at radius 1 is 0.982 bits per heavy atom. The van der Waals surface area contributed by atoms with Gasteiger partial charge in [0, 0.05) is 33.4 Å². The third kappa shape index (κ3) is 9.38. The Balaban J connectivity index is 1.66. The van der Waals surface area contributed by atoms with Crippen LogP contribution in [0.25, 0.3) is 10.1 Å². The Hall–Kier alpha value is -3.50. The van der Waals surface area contributed by atoms with Crippen molar-refractivity contribution >= 4 is 39.2 Å². The molecule has 0 saturated carbocycles. The highest BCUT2D eigenvalue weighted by atomic mass is 32.1. The van der Waals surface area contributed by atoms with Crippen molar-refractivity contribution in [2.75, 3.05) is 4.90 Å². The van der Waals surface area contributed by atoms with E-state index in [0.29, 0.717) is 29.6 Å². The Kier molecular flexibility index (Phi) is 13.1. The predicted octanol–water partition coefficient (Wildman–Crippen LogP) is 15.0. The van der Waals surface area contributed by atoms with Crippen molar-refractivity contribution in [1.29, 1.82) is 0 Å². The Morgan fingerprint density at radius 3 is 2.28 bits per heavy atom. The average Bonchev–Trinajstić information content (AvgIpc) is 3.50. The smallest absolute Gasteiger partial charge is 0.210 e. The number of benzene rings is 1. The topological polar surface area (TPSA) is 6.48 Å². The number of allylic oxidation sites excluding steroid dienone is 12. The zero-order valence-electron chi connectivity index (χ0n) is 37.8. The van der Waals surface area contributed by atoms with Crippen molar-refractivity contribution in [3.63, 3.8) is 0 Å². The molecule has 0 spiro atoms. The van der Waals surface area contributed by atoms with E-state index in [-0.39, 0.29) is 16.9 Å². The first-order chi connectivity index (χ1) is 26.9. The van der Waals surface area contributed by atoms with Gasteiger partial charge in [-0.25, -0.2) is 0 Å². The van der Waals surface area contributed by atoms with Gasteiger partial charge >= 0.3 is 0 Å². The number of nitrogens with zero attached hydrogens (tertiary/aromatic N) is 2. The van der Waals surface area contributed by atoms with Crippen LogP contribution in [0.3, 0.4) is 0 Å². The second-order valence-electron chi connectivity index (χ2n) is 20.1. The minimum atomic E-state index is 0.0155. The summed E-state index contributed by atoms with van der Waals surface area (Å²) in [7, 11) is 2.56. The van der Waals surface area contributed by atoms with Crippen molar-refractivity contribution in [1.82, 2.24) is 4.90 Å². The molecule has 0 fully saturated rings. The molecular weight excluding hydrogens is 707 g/mol. The van der Waals surface area contributed by atoms with E-state index in [0.717, 1.165) is 25.7 Å². The standard InChI is InChI=1S/C53H72BN2S/c1-15-35(5)39(29-34(3)4)30-48-38(8)55(28-18-19-40(16-2)52(9,10)11)43-20-17-21-44(31-43)56(42-26-24-41(25-27-42)53(12,13)14)50-47-32-45-36(6)22-23-37(7)46(45)33-49(47)57-51(50)54-48/h16-20,24,26-28,30-37,41,44H,2,15,21-23,25,29H2,1,3-14H3/b28-18+,39-30+,40-19+,48-38-. The third-order valence-corrected chi connectivity index (χ3v) is 14.3. The summed E-state index contributed by atoms with van der Waals surface area (Å²) in [6.07, 6.45) is 32.9. The van der Waals surface area contributed by atoms with Gasteiger partial charge in [-0.3, -0.25) is 0 Å². The fourth-order valence-corrected chi connectivity index (χ4v) is 10.4. The quantitative estimate of drug-likeness (QED) is 0.185. The molecular formula is C53H72BN2S. The number of thiophene rings is 1. The van der Waals surface area contributed by atoms with Gasteiger partial charge in [-0.2, -0.15) is 0 Å². The first-order valence-corrected chi connectivity index (χ1v) is 23.0. The number of hydrogen-bond acceptors (Lipinski definition) is 3. The lowest BCUT2D eigenvalue weighted by Gasteiger charge is -2.39. The summed E-state index contributed by atoms with van der Waals surface area (Å²) >= 11 is 2.00. The van der Waals surface area contributed by atoms with Crippen molar-refractivity contribution in [3.05, 3.63) is 131 Å². The van der Waals surface area contributed by atoms with Gasteiger partial charge in [0.05, 0.1) is 11.7 Å². The molecule has 2 heterocycles. The lowest BCUT2D eigenvalue weighted by molar-refractivity contribution is 0.293. The van der Waals surface area contributed by atoms with Crippen LogP contribution in [0.5, 0.6) is 0 Å². The van der Waals surface area contributed by atoms with Gasteiger partial charge in [-0.05, 0) is 144 Å². The molecule has 1 aliphatic heterocycles. The second kappa shape index (κ2) is 17.4. The van der Waals surface area contributed by atoms with Crippen LogP contribution < -0.4 is 9.68 Å². The molecule has 0 N–H and O–H groups in total. The monoisotopic (exact) mass is 780 g/mol. The van der Waals surface area contributed by atoms with Gasteiger partial charge in [0.1, 0.15) is 0 Å². The minimum absolute atomic E-state index is 0.0155. The lowest BCUT2D eigenvalue weighted by atomic mass is 9.64. The van der Waals surface area contributed by atoms with Gasteiger partial charge < -0.3 is 9.80 Å². The van der Waals surface area contributed by atoms with Crippen LogP contribution >= 0.6 is 11.3 Å². The maximum Gasteiger partial charge on any atom is 0.210 e. The van der Waals surface area contributed by atoms with Crippen LogP contribution in [0.1, 0.15) is 151 Å². The molecule has 0 amide bonds. The first-order valence-electron chi connectivity index (χ1n) is 22.1. The van der Waals surface area contributed by atoms with E-state index >= 15 is 0 Å². The van der Waals surface area contributed by atoms with Crippen LogP contribution in [-0.4, -0.2) is 18.2 Å². The Bertz CT molecular complexity index is 2080.